The molecule has 0 spiro atoms. The molecule has 1 heterocycles. The van der Waals surface area contributed by atoms with Crippen molar-refractivity contribution in [3.63, 3.8) is 0 Å². The van der Waals surface area contributed by atoms with Crippen molar-refractivity contribution in [1.82, 2.24) is 5.32 Å². The van der Waals surface area contributed by atoms with Crippen LogP contribution in [0.3, 0.4) is 0 Å². The number of aliphatic hydroxyl groups excluding tert-OH is 1. The summed E-state index contributed by atoms with van der Waals surface area (Å²) in [5.41, 5.74) is 0.629. The summed E-state index contributed by atoms with van der Waals surface area (Å²) in [4.78, 5) is 14.3. The van der Waals surface area contributed by atoms with E-state index in [-0.39, 0.29) is 18.1 Å². The number of carbonyl (C=O) groups excluding carboxylic acids is 1. The molecule has 1 fully saturated rings. The lowest BCUT2D eigenvalue weighted by Gasteiger charge is -2.37. The summed E-state index contributed by atoms with van der Waals surface area (Å²) >= 11 is 0. The number of rotatable bonds is 2. The third-order valence-corrected chi connectivity index (χ3v) is 3.45. The molecule has 4 heteroatoms. The van der Waals surface area contributed by atoms with E-state index in [1.165, 1.54) is 0 Å². The Hall–Kier alpha value is -1.39. The molecule has 4 nitrogen and oxygen atoms in total. The Morgan fingerprint density at radius 1 is 1.39 bits per heavy atom. The fourth-order valence-corrected chi connectivity index (χ4v) is 2.40. The normalized spacial score (nSPS) is 23.8. The minimum absolute atomic E-state index is 0.0637. The zero-order chi connectivity index (χ0) is 13.2. The Kier molecular flexibility index (Phi) is 3.68. The molecule has 98 valence electrons. The number of anilines is 1. The van der Waals surface area contributed by atoms with Gasteiger partial charge in [-0.2, -0.15) is 0 Å². The summed E-state index contributed by atoms with van der Waals surface area (Å²) < 4.78 is 0. The van der Waals surface area contributed by atoms with Crippen LogP contribution in [-0.2, 0) is 4.79 Å². The van der Waals surface area contributed by atoms with Crippen LogP contribution in [-0.4, -0.2) is 35.7 Å². The van der Waals surface area contributed by atoms with Crippen molar-refractivity contribution in [2.75, 3.05) is 18.1 Å². The van der Waals surface area contributed by atoms with E-state index in [1.807, 2.05) is 30.3 Å². The summed E-state index contributed by atoms with van der Waals surface area (Å²) in [6, 6.07) is 9.13. The van der Waals surface area contributed by atoms with Crippen LogP contribution in [0.2, 0.25) is 0 Å². The van der Waals surface area contributed by atoms with Gasteiger partial charge < -0.3 is 15.3 Å². The maximum Gasteiger partial charge on any atom is 0.246 e. The first-order chi connectivity index (χ1) is 8.56. The number of para-hydroxylation sites is 1. The third-order valence-electron chi connectivity index (χ3n) is 3.45. The number of benzene rings is 1. The van der Waals surface area contributed by atoms with Gasteiger partial charge in [0.25, 0.3) is 0 Å². The van der Waals surface area contributed by atoms with Crippen molar-refractivity contribution in [2.24, 2.45) is 0 Å². The molecule has 2 rings (SSSR count). The predicted octanol–water partition coefficient (Wildman–Crippen LogP) is 1.15. The van der Waals surface area contributed by atoms with Gasteiger partial charge in [-0.3, -0.25) is 4.79 Å². The summed E-state index contributed by atoms with van der Waals surface area (Å²) in [5, 5.41) is 12.4. The van der Waals surface area contributed by atoms with Crippen LogP contribution in [0.1, 0.15) is 20.3 Å². The molecule has 1 atom stereocenters. The molecular formula is C14H20N2O2. The second kappa shape index (κ2) is 5.08. The zero-order valence-corrected chi connectivity index (χ0v) is 10.9. The molecule has 1 aromatic rings. The molecule has 18 heavy (non-hydrogen) atoms. The van der Waals surface area contributed by atoms with Gasteiger partial charge in [-0.25, -0.2) is 0 Å². The first-order valence-corrected chi connectivity index (χ1v) is 6.29. The second-order valence-electron chi connectivity index (χ2n) is 5.26. The Balaban J connectivity index is 2.40. The van der Waals surface area contributed by atoms with Crippen molar-refractivity contribution in [3.05, 3.63) is 30.3 Å². The maximum atomic E-state index is 12.5. The number of aliphatic hydroxyl groups is 1. The predicted molar refractivity (Wildman–Crippen MR) is 71.5 cm³/mol. The molecule has 0 aliphatic carbocycles. The van der Waals surface area contributed by atoms with Gasteiger partial charge in [0, 0.05) is 11.2 Å². The largest absolute Gasteiger partial charge is 0.394 e. The topological polar surface area (TPSA) is 52.6 Å². The lowest BCUT2D eigenvalue weighted by atomic mass is 9.97. The first kappa shape index (κ1) is 13.1. The molecule has 1 aliphatic heterocycles. The Morgan fingerprint density at radius 3 is 2.67 bits per heavy atom. The van der Waals surface area contributed by atoms with Gasteiger partial charge in [0.2, 0.25) is 5.91 Å². The van der Waals surface area contributed by atoms with Crippen molar-refractivity contribution in [3.8, 4) is 0 Å². The van der Waals surface area contributed by atoms with Crippen LogP contribution in [0, 0.1) is 0 Å². The molecule has 0 saturated carbocycles. The average Bonchev–Trinajstić information content (AvgIpc) is 2.46. The summed E-state index contributed by atoms with van der Waals surface area (Å²) in [6.45, 7) is 4.67. The SMILES string of the molecule is CC1(C)CCNC(CO)C(=O)N1c1ccccc1. The molecule has 1 amide bonds. The highest BCUT2D eigenvalue weighted by molar-refractivity contribution is 5.98. The van der Waals surface area contributed by atoms with E-state index in [2.05, 4.69) is 19.2 Å². The Bertz CT molecular complexity index is 417. The maximum absolute atomic E-state index is 12.5. The highest BCUT2D eigenvalue weighted by atomic mass is 16.3. The van der Waals surface area contributed by atoms with Crippen molar-refractivity contribution in [1.29, 1.82) is 0 Å². The van der Waals surface area contributed by atoms with Crippen LogP contribution in [0.4, 0.5) is 5.69 Å². The number of carbonyl (C=O) groups is 1. The van der Waals surface area contributed by atoms with Crippen LogP contribution in [0.15, 0.2) is 30.3 Å². The van der Waals surface area contributed by atoms with E-state index in [9.17, 15) is 9.90 Å². The highest BCUT2D eigenvalue weighted by Gasteiger charge is 2.38. The van der Waals surface area contributed by atoms with Crippen molar-refractivity contribution < 1.29 is 9.90 Å². The number of nitrogens with zero attached hydrogens (tertiary/aromatic N) is 1. The molecule has 0 aromatic heterocycles. The third kappa shape index (κ3) is 2.40. The zero-order valence-electron chi connectivity index (χ0n) is 10.9. The van der Waals surface area contributed by atoms with E-state index < -0.39 is 6.04 Å². The Morgan fingerprint density at radius 2 is 2.06 bits per heavy atom. The molecular weight excluding hydrogens is 228 g/mol. The highest BCUT2D eigenvalue weighted by Crippen LogP contribution is 2.28. The number of amides is 1. The average molecular weight is 248 g/mol. The van der Waals surface area contributed by atoms with Crippen LogP contribution >= 0.6 is 0 Å². The van der Waals surface area contributed by atoms with Gasteiger partial charge in [-0.05, 0) is 38.9 Å². The standard InChI is InChI=1S/C14H20N2O2/c1-14(2)8-9-15-12(10-17)13(18)16(14)11-6-4-3-5-7-11/h3-7,12,15,17H,8-10H2,1-2H3. The lowest BCUT2D eigenvalue weighted by Crippen LogP contribution is -2.52. The van der Waals surface area contributed by atoms with Crippen LogP contribution in [0.25, 0.3) is 0 Å². The van der Waals surface area contributed by atoms with Crippen molar-refractivity contribution >= 4 is 11.6 Å². The van der Waals surface area contributed by atoms with E-state index in [4.69, 9.17) is 0 Å². The molecule has 1 saturated heterocycles. The van der Waals surface area contributed by atoms with Gasteiger partial charge in [0.1, 0.15) is 6.04 Å². The minimum atomic E-state index is -0.507. The van der Waals surface area contributed by atoms with E-state index in [0.717, 1.165) is 18.7 Å². The molecule has 1 unspecified atom stereocenters. The molecule has 0 bridgehead atoms. The van der Waals surface area contributed by atoms with Crippen LogP contribution < -0.4 is 10.2 Å². The van der Waals surface area contributed by atoms with Gasteiger partial charge in [-0.15, -0.1) is 0 Å². The molecule has 0 radical (unpaired) electrons. The monoisotopic (exact) mass is 248 g/mol. The molecule has 1 aliphatic rings. The van der Waals surface area contributed by atoms with Gasteiger partial charge in [-0.1, -0.05) is 18.2 Å². The first-order valence-electron chi connectivity index (χ1n) is 6.29. The van der Waals surface area contributed by atoms with Gasteiger partial charge in [0.15, 0.2) is 0 Å². The molecule has 1 aromatic carbocycles. The van der Waals surface area contributed by atoms with Crippen LogP contribution in [0.5, 0.6) is 0 Å². The van der Waals surface area contributed by atoms with Gasteiger partial charge in [0.05, 0.1) is 6.61 Å². The number of hydrogen-bond donors (Lipinski definition) is 2. The van der Waals surface area contributed by atoms with Gasteiger partial charge >= 0.3 is 0 Å². The van der Waals surface area contributed by atoms with E-state index in [1.54, 1.807) is 4.90 Å². The minimum Gasteiger partial charge on any atom is -0.394 e. The lowest BCUT2D eigenvalue weighted by molar-refractivity contribution is -0.121. The summed E-state index contributed by atoms with van der Waals surface area (Å²) in [7, 11) is 0. The van der Waals surface area contributed by atoms with E-state index >= 15 is 0 Å². The molecule has 2 N–H and O–H groups in total. The smallest absolute Gasteiger partial charge is 0.246 e. The number of hydrogen-bond acceptors (Lipinski definition) is 3. The number of nitrogens with one attached hydrogen (secondary N) is 1. The van der Waals surface area contributed by atoms with E-state index in [0.29, 0.717) is 0 Å². The van der Waals surface area contributed by atoms with Crippen molar-refractivity contribution in [2.45, 2.75) is 31.8 Å². The fourth-order valence-electron chi connectivity index (χ4n) is 2.40. The Labute approximate surface area is 108 Å². The quantitative estimate of drug-likeness (QED) is 0.825. The second-order valence-corrected chi connectivity index (χ2v) is 5.26. The summed E-state index contributed by atoms with van der Waals surface area (Å²) in [5.74, 6) is -0.0637. The summed E-state index contributed by atoms with van der Waals surface area (Å²) in [6.07, 6.45) is 0.851. The fraction of sp³-hybridized carbons (Fsp3) is 0.500.